The number of rotatable bonds is 20. The molecule has 0 saturated carbocycles. The second-order valence-corrected chi connectivity index (χ2v) is 23.1. The molecule has 4 aliphatic rings. The Morgan fingerprint density at radius 3 is 1.35 bits per heavy atom. The molecule has 4 aliphatic heterocycles. The lowest BCUT2D eigenvalue weighted by atomic mass is 10.1. The van der Waals surface area contributed by atoms with Gasteiger partial charge in [0.2, 0.25) is 0 Å². The predicted octanol–water partition coefficient (Wildman–Crippen LogP) is 9.90. The van der Waals surface area contributed by atoms with Gasteiger partial charge >= 0.3 is 0 Å². The SMILES string of the molecule is COc1cc(OC)cc(N(CCCN2CCC(N3CCCCC3)C2)c2ccc3ncc(-c4cnn(C)c4)nc3c2)c1.COc1cc(OC)cc(N(CCCN2CCC(N3C[C@@H](C)O[C@H](C)C3)C2)c2ccc3ncc(-c4cnn(C)c4)nc3c2)c1. The minimum Gasteiger partial charge on any atom is -0.497 e. The lowest BCUT2D eigenvalue weighted by molar-refractivity contribution is -0.0790. The Hall–Kier alpha value is -7.42. The smallest absolute Gasteiger partial charge is 0.124 e. The zero-order valence-corrected chi connectivity index (χ0v) is 50.4. The Bertz CT molecular complexity index is 3400. The van der Waals surface area contributed by atoms with E-state index in [0.29, 0.717) is 18.2 Å². The number of likely N-dealkylation sites (tertiary alicyclic amines) is 3. The minimum absolute atomic E-state index is 0.304. The molecule has 0 radical (unpaired) electrons. The summed E-state index contributed by atoms with van der Waals surface area (Å²) in [4.78, 5) is 34.6. The summed E-state index contributed by atoms with van der Waals surface area (Å²) in [5.74, 6) is 3.06. The fourth-order valence-corrected chi connectivity index (χ4v) is 12.8. The summed E-state index contributed by atoms with van der Waals surface area (Å²) >= 11 is 0. The maximum absolute atomic E-state index is 5.98. The molecule has 0 bridgehead atoms. The number of nitrogens with zero attached hydrogens (tertiary/aromatic N) is 14. The second-order valence-electron chi connectivity index (χ2n) is 23.1. The van der Waals surface area contributed by atoms with Crippen molar-refractivity contribution in [2.45, 2.75) is 83.1 Å². The van der Waals surface area contributed by atoms with Crippen LogP contribution in [0.5, 0.6) is 23.0 Å². The summed E-state index contributed by atoms with van der Waals surface area (Å²) in [5, 5.41) is 8.60. The van der Waals surface area contributed by atoms with Crippen molar-refractivity contribution in [3.05, 3.63) is 110 Å². The molecule has 0 aliphatic carbocycles. The molecular weight excluding hydrogens is 1060 g/mol. The first kappa shape index (κ1) is 58.4. The van der Waals surface area contributed by atoms with Crippen LogP contribution in [0.1, 0.15) is 58.8 Å². The summed E-state index contributed by atoms with van der Waals surface area (Å²) in [6.07, 6.45) is 20.5. The van der Waals surface area contributed by atoms with Crippen LogP contribution in [0.4, 0.5) is 22.7 Å². The van der Waals surface area contributed by atoms with Crippen LogP contribution in [0, 0.1) is 0 Å². The van der Waals surface area contributed by atoms with Crippen LogP contribution in [0.2, 0.25) is 0 Å². The number of aromatic nitrogens is 8. The van der Waals surface area contributed by atoms with Gasteiger partial charge in [0.1, 0.15) is 23.0 Å². The predicted molar refractivity (Wildman–Crippen MR) is 333 cm³/mol. The summed E-state index contributed by atoms with van der Waals surface area (Å²) in [6, 6.07) is 26.1. The zero-order valence-electron chi connectivity index (χ0n) is 50.4. The maximum atomic E-state index is 5.98. The standard InChI is InChI=1S/C33H43N7O3.C32H41N7O2/c1-23-19-39(20-24(2)43-23)27-9-12-38(22-27)10-6-11-40(28-13-29(41-4)16-30(14-28)42-5)26-7-8-31-32(15-26)36-33(18-34-31)25-17-35-37(3)21-25;1-36-22-24(20-34-36)32-21-33-30-9-8-25(18-31(30)35-32)39(27-16-28(40-2)19-29(17-27)41-3)14-7-11-37-15-10-26(23-37)38-12-5-4-6-13-38/h7-8,13-18,21,23-24,27H,6,9-12,19-20,22H2,1-5H3;8-9,16-22,26H,4-7,10-15,23H2,1-3H3/t23-,24-,27?;/m1./s1. The van der Waals surface area contributed by atoms with Crippen LogP contribution in [-0.2, 0) is 18.8 Å². The number of methoxy groups -OCH3 is 4. The Kier molecular flexibility index (Phi) is 18.8. The number of aryl methyl sites for hydroxylation is 2. The Morgan fingerprint density at radius 2 is 0.929 bits per heavy atom. The first-order valence-corrected chi connectivity index (χ1v) is 30.1. The third kappa shape index (κ3) is 14.2. The molecule has 4 fully saturated rings. The number of fused-ring (bicyclic) bond motifs is 2. The lowest BCUT2D eigenvalue weighted by Gasteiger charge is -2.39. The highest BCUT2D eigenvalue weighted by Gasteiger charge is 2.33. The van der Waals surface area contributed by atoms with Crippen molar-refractivity contribution in [3.8, 4) is 45.5 Å². The molecule has 4 aromatic carbocycles. The van der Waals surface area contributed by atoms with Crippen LogP contribution < -0.4 is 28.7 Å². The van der Waals surface area contributed by atoms with E-state index >= 15 is 0 Å². The van der Waals surface area contributed by atoms with Crippen LogP contribution in [-0.4, -0.2) is 190 Å². The van der Waals surface area contributed by atoms with Gasteiger partial charge in [-0.25, -0.2) is 9.97 Å². The van der Waals surface area contributed by atoms with E-state index in [9.17, 15) is 0 Å². The van der Waals surface area contributed by atoms with E-state index in [0.717, 1.165) is 162 Å². The summed E-state index contributed by atoms with van der Waals surface area (Å²) in [7, 11) is 10.6. The van der Waals surface area contributed by atoms with Gasteiger partial charge in [-0.2, -0.15) is 10.2 Å². The van der Waals surface area contributed by atoms with E-state index in [-0.39, 0.29) is 0 Å². The molecule has 12 rings (SSSR count). The topological polar surface area (TPSA) is 153 Å². The summed E-state index contributed by atoms with van der Waals surface area (Å²) < 4.78 is 32.1. The average Bonchev–Trinajstić information content (AvgIpc) is 4.48. The van der Waals surface area contributed by atoms with Gasteiger partial charge in [-0.3, -0.25) is 29.1 Å². The van der Waals surface area contributed by atoms with Crippen molar-refractivity contribution in [1.29, 1.82) is 0 Å². The number of hydrogen-bond acceptors (Lipinski definition) is 17. The number of anilines is 4. The van der Waals surface area contributed by atoms with Crippen molar-refractivity contribution in [2.75, 3.05) is 117 Å². The fourth-order valence-electron chi connectivity index (χ4n) is 12.8. The van der Waals surface area contributed by atoms with E-state index < -0.39 is 0 Å². The summed E-state index contributed by atoms with van der Waals surface area (Å²) in [5.41, 5.74) is 11.1. The molecule has 4 atom stereocenters. The molecule has 8 heterocycles. The molecule has 84 heavy (non-hydrogen) atoms. The van der Waals surface area contributed by atoms with Crippen LogP contribution >= 0.6 is 0 Å². The second kappa shape index (κ2) is 27.1. The van der Waals surface area contributed by atoms with Gasteiger partial charge in [-0.15, -0.1) is 0 Å². The van der Waals surface area contributed by atoms with Crippen LogP contribution in [0.15, 0.2) is 110 Å². The van der Waals surface area contributed by atoms with Crippen LogP contribution in [0.25, 0.3) is 44.6 Å². The van der Waals surface area contributed by atoms with E-state index in [4.69, 9.17) is 33.7 Å². The molecule has 0 N–H and O–H groups in total. The monoisotopic (exact) mass is 1140 g/mol. The zero-order chi connectivity index (χ0) is 58.1. The Labute approximate surface area is 495 Å². The van der Waals surface area contributed by atoms with Gasteiger partial charge in [0, 0.05) is 148 Å². The minimum atomic E-state index is 0.304. The van der Waals surface area contributed by atoms with Gasteiger partial charge in [0.05, 0.1) is 98.9 Å². The van der Waals surface area contributed by atoms with Crippen molar-refractivity contribution in [2.24, 2.45) is 14.1 Å². The number of hydrogen-bond donors (Lipinski definition) is 0. The molecule has 4 saturated heterocycles. The third-order valence-electron chi connectivity index (χ3n) is 17.1. The molecule has 0 spiro atoms. The van der Waals surface area contributed by atoms with E-state index in [2.05, 4.69) is 118 Å². The van der Waals surface area contributed by atoms with Gasteiger partial charge in [-0.1, -0.05) is 6.42 Å². The average molecular weight is 1140 g/mol. The van der Waals surface area contributed by atoms with E-state index in [1.165, 1.54) is 58.3 Å². The Balaban J connectivity index is 0.000000176. The van der Waals surface area contributed by atoms with Gasteiger partial charge < -0.3 is 43.3 Å². The largest absolute Gasteiger partial charge is 0.497 e. The van der Waals surface area contributed by atoms with Crippen molar-refractivity contribution in [1.82, 2.24) is 59.1 Å². The van der Waals surface area contributed by atoms with Gasteiger partial charge in [-0.05, 0) is 128 Å². The van der Waals surface area contributed by atoms with Crippen molar-refractivity contribution >= 4 is 44.8 Å². The van der Waals surface area contributed by atoms with Gasteiger partial charge in [0.15, 0.2) is 0 Å². The molecule has 2 unspecified atom stereocenters. The highest BCUT2D eigenvalue weighted by Crippen LogP contribution is 2.37. The molecule has 0 amide bonds. The molecule has 8 aromatic rings. The number of piperidine rings is 1. The first-order chi connectivity index (χ1) is 41.0. The van der Waals surface area contributed by atoms with Crippen molar-refractivity contribution in [3.63, 3.8) is 0 Å². The highest BCUT2D eigenvalue weighted by atomic mass is 16.5. The lowest BCUT2D eigenvalue weighted by Crippen LogP contribution is -2.50. The third-order valence-corrected chi connectivity index (χ3v) is 17.1. The van der Waals surface area contributed by atoms with Crippen molar-refractivity contribution < 1.29 is 23.7 Å². The molecule has 19 nitrogen and oxygen atoms in total. The first-order valence-electron chi connectivity index (χ1n) is 30.1. The van der Waals surface area contributed by atoms with Gasteiger partial charge in [0.25, 0.3) is 0 Å². The number of benzene rings is 4. The fraction of sp³-hybridized carbons (Fsp3) is 0.477. The Morgan fingerprint density at radius 1 is 0.488 bits per heavy atom. The molecular formula is C65H84N14O5. The highest BCUT2D eigenvalue weighted by molar-refractivity contribution is 5.84. The number of ether oxygens (including phenoxy) is 5. The maximum Gasteiger partial charge on any atom is 0.124 e. The van der Waals surface area contributed by atoms with E-state index in [1.54, 1.807) is 37.8 Å². The molecule has 19 heteroatoms. The summed E-state index contributed by atoms with van der Waals surface area (Å²) in [6.45, 7) is 17.5. The van der Waals surface area contributed by atoms with Crippen LogP contribution in [0.3, 0.4) is 0 Å². The molecule has 4 aromatic heterocycles. The molecule has 444 valence electrons. The number of morpholine rings is 1. The quantitative estimate of drug-likeness (QED) is 0.0711. The normalized spacial score (nSPS) is 19.8. The van der Waals surface area contributed by atoms with E-state index in [1.807, 2.05) is 69.5 Å².